The third-order valence-corrected chi connectivity index (χ3v) is 5.36. The van der Waals surface area contributed by atoms with Crippen LogP contribution in [-0.4, -0.2) is 24.1 Å². The highest BCUT2D eigenvalue weighted by molar-refractivity contribution is 9.10. The molecule has 2 rings (SSSR count). The molecule has 1 aromatic carbocycles. The first-order chi connectivity index (χ1) is 9.67. The maximum Gasteiger partial charge on any atom is 0.124 e. The fraction of sp³-hybridized carbons (Fsp3) is 0.625. The van der Waals surface area contributed by atoms with Crippen LogP contribution in [0.2, 0.25) is 0 Å². The number of thioether (sulfide) groups is 1. The highest BCUT2D eigenvalue weighted by Crippen LogP contribution is 2.27. The van der Waals surface area contributed by atoms with E-state index in [0.29, 0.717) is 6.04 Å². The summed E-state index contributed by atoms with van der Waals surface area (Å²) in [5.41, 5.74) is 1.08. The molecule has 0 aromatic heterocycles. The Hall–Kier alpha value is -0.0600. The first-order valence-corrected chi connectivity index (χ1v) is 9.38. The second kappa shape index (κ2) is 8.40. The van der Waals surface area contributed by atoms with Gasteiger partial charge in [0.05, 0.1) is 0 Å². The summed E-state index contributed by atoms with van der Waals surface area (Å²) in [7, 11) is 0. The predicted molar refractivity (Wildman–Crippen MR) is 89.9 cm³/mol. The van der Waals surface area contributed by atoms with Crippen molar-refractivity contribution in [1.29, 1.82) is 0 Å². The zero-order valence-corrected chi connectivity index (χ0v) is 14.4. The van der Waals surface area contributed by atoms with Crippen molar-refractivity contribution in [2.24, 2.45) is 5.92 Å². The third-order valence-electron chi connectivity index (χ3n) is 3.86. The predicted octanol–water partition coefficient (Wildman–Crippen LogP) is 4.64. The molecule has 0 aliphatic carbocycles. The van der Waals surface area contributed by atoms with Crippen LogP contribution in [0, 0.1) is 11.7 Å². The molecule has 4 heteroatoms. The maximum absolute atomic E-state index is 13.5. The van der Waals surface area contributed by atoms with Crippen molar-refractivity contribution in [3.8, 4) is 0 Å². The topological polar surface area (TPSA) is 12.0 Å². The largest absolute Gasteiger partial charge is 0.314 e. The van der Waals surface area contributed by atoms with Gasteiger partial charge in [-0.2, -0.15) is 11.8 Å². The quantitative estimate of drug-likeness (QED) is 0.793. The number of halogens is 2. The van der Waals surface area contributed by atoms with Gasteiger partial charge in [0, 0.05) is 10.5 Å². The van der Waals surface area contributed by atoms with Crippen LogP contribution in [0.15, 0.2) is 22.7 Å². The molecule has 1 fully saturated rings. The standard InChI is InChI=1S/C16H23BrFNS/c1-2-19-16(9-12-3-5-20-6-4-12)10-13-7-14(17)11-15(18)8-13/h7-8,11-12,16,19H,2-6,9-10H2,1H3. The summed E-state index contributed by atoms with van der Waals surface area (Å²) in [4.78, 5) is 0. The Bertz CT molecular complexity index is 401. The second-order valence-corrected chi connectivity index (χ2v) is 7.67. The molecule has 0 bridgehead atoms. The van der Waals surface area contributed by atoms with Crippen molar-refractivity contribution in [2.75, 3.05) is 18.1 Å². The van der Waals surface area contributed by atoms with Gasteiger partial charge in [-0.25, -0.2) is 4.39 Å². The molecule has 112 valence electrons. The Balaban J connectivity index is 1.96. The molecule has 1 saturated heterocycles. The zero-order chi connectivity index (χ0) is 14.4. The Kier molecular flexibility index (Phi) is 6.85. The summed E-state index contributed by atoms with van der Waals surface area (Å²) in [5, 5.41) is 3.57. The first kappa shape index (κ1) is 16.3. The van der Waals surface area contributed by atoms with E-state index in [9.17, 15) is 4.39 Å². The van der Waals surface area contributed by atoms with Crippen LogP contribution in [0.5, 0.6) is 0 Å². The van der Waals surface area contributed by atoms with E-state index in [-0.39, 0.29) is 5.82 Å². The van der Waals surface area contributed by atoms with Gasteiger partial charge in [-0.05, 0) is 73.4 Å². The Labute approximate surface area is 134 Å². The second-order valence-electron chi connectivity index (χ2n) is 5.53. The lowest BCUT2D eigenvalue weighted by Crippen LogP contribution is -2.33. The van der Waals surface area contributed by atoms with Gasteiger partial charge in [0.2, 0.25) is 0 Å². The molecule has 1 aliphatic rings. The third kappa shape index (κ3) is 5.38. The number of likely N-dealkylation sites (N-methyl/N-ethyl adjacent to an activating group) is 1. The Morgan fingerprint density at radius 3 is 2.75 bits per heavy atom. The van der Waals surface area contributed by atoms with Crippen LogP contribution in [0.4, 0.5) is 4.39 Å². The molecule has 1 aromatic rings. The molecule has 1 unspecified atom stereocenters. The summed E-state index contributed by atoms with van der Waals surface area (Å²) in [6.45, 7) is 3.12. The molecule has 0 spiro atoms. The van der Waals surface area contributed by atoms with Gasteiger partial charge in [0.25, 0.3) is 0 Å². The summed E-state index contributed by atoms with van der Waals surface area (Å²) >= 11 is 5.45. The van der Waals surface area contributed by atoms with Crippen LogP contribution in [0.1, 0.15) is 31.7 Å². The van der Waals surface area contributed by atoms with Gasteiger partial charge in [0.1, 0.15) is 5.82 Å². The van der Waals surface area contributed by atoms with Crippen LogP contribution in [0.25, 0.3) is 0 Å². The SMILES string of the molecule is CCNC(Cc1cc(F)cc(Br)c1)CC1CCSCC1. The van der Waals surface area contributed by atoms with E-state index in [1.165, 1.54) is 36.8 Å². The summed E-state index contributed by atoms with van der Waals surface area (Å²) in [5.74, 6) is 3.28. The Morgan fingerprint density at radius 2 is 2.10 bits per heavy atom. The number of nitrogens with one attached hydrogen (secondary N) is 1. The smallest absolute Gasteiger partial charge is 0.124 e. The fourth-order valence-electron chi connectivity index (χ4n) is 2.93. The van der Waals surface area contributed by atoms with E-state index in [4.69, 9.17) is 0 Å². The zero-order valence-electron chi connectivity index (χ0n) is 12.0. The molecule has 1 aliphatic heterocycles. The van der Waals surface area contributed by atoms with Gasteiger partial charge in [-0.15, -0.1) is 0 Å². The molecule has 1 heterocycles. The molecular weight excluding hydrogens is 337 g/mol. The fourth-order valence-corrected chi connectivity index (χ4v) is 4.64. The first-order valence-electron chi connectivity index (χ1n) is 7.43. The molecule has 0 radical (unpaired) electrons. The minimum Gasteiger partial charge on any atom is -0.314 e. The highest BCUT2D eigenvalue weighted by Gasteiger charge is 2.19. The van der Waals surface area contributed by atoms with Crippen molar-refractivity contribution in [3.63, 3.8) is 0 Å². The van der Waals surface area contributed by atoms with Crippen LogP contribution in [0.3, 0.4) is 0 Å². The van der Waals surface area contributed by atoms with Gasteiger partial charge < -0.3 is 5.32 Å². The highest BCUT2D eigenvalue weighted by atomic mass is 79.9. The van der Waals surface area contributed by atoms with Gasteiger partial charge in [0.15, 0.2) is 0 Å². The van der Waals surface area contributed by atoms with Crippen LogP contribution < -0.4 is 5.32 Å². The number of rotatable bonds is 6. The molecular formula is C16H23BrFNS. The van der Waals surface area contributed by atoms with Gasteiger partial charge in [-0.3, -0.25) is 0 Å². The molecule has 20 heavy (non-hydrogen) atoms. The summed E-state index contributed by atoms with van der Waals surface area (Å²) in [6.07, 6.45) is 4.79. The van der Waals surface area contributed by atoms with Crippen molar-refractivity contribution >= 4 is 27.7 Å². The van der Waals surface area contributed by atoms with E-state index in [1.807, 2.05) is 6.07 Å². The molecule has 1 nitrogen and oxygen atoms in total. The van der Waals surface area contributed by atoms with Crippen molar-refractivity contribution in [3.05, 3.63) is 34.1 Å². The van der Waals surface area contributed by atoms with Crippen molar-refractivity contribution in [2.45, 2.75) is 38.6 Å². The average molecular weight is 360 g/mol. The lowest BCUT2D eigenvalue weighted by Gasteiger charge is -2.27. The minimum absolute atomic E-state index is 0.154. The number of hydrogen-bond donors (Lipinski definition) is 1. The molecule has 0 saturated carbocycles. The number of benzene rings is 1. The lowest BCUT2D eigenvalue weighted by atomic mass is 9.91. The van der Waals surface area contributed by atoms with Crippen LogP contribution in [-0.2, 0) is 6.42 Å². The van der Waals surface area contributed by atoms with Crippen LogP contribution >= 0.6 is 27.7 Å². The summed E-state index contributed by atoms with van der Waals surface area (Å²) < 4.78 is 14.3. The molecule has 1 N–H and O–H groups in total. The van der Waals surface area contributed by atoms with E-state index in [2.05, 4.69) is 39.9 Å². The monoisotopic (exact) mass is 359 g/mol. The van der Waals surface area contributed by atoms with E-state index >= 15 is 0 Å². The summed E-state index contributed by atoms with van der Waals surface area (Å²) in [6, 6.07) is 5.67. The minimum atomic E-state index is -0.154. The maximum atomic E-state index is 13.5. The normalized spacial score (nSPS) is 18.1. The number of hydrogen-bond acceptors (Lipinski definition) is 2. The average Bonchev–Trinajstić information content (AvgIpc) is 2.39. The van der Waals surface area contributed by atoms with E-state index in [1.54, 1.807) is 6.07 Å². The Morgan fingerprint density at radius 1 is 1.35 bits per heavy atom. The van der Waals surface area contributed by atoms with E-state index < -0.39 is 0 Å². The molecule has 1 atom stereocenters. The van der Waals surface area contributed by atoms with Crippen molar-refractivity contribution < 1.29 is 4.39 Å². The molecule has 0 amide bonds. The van der Waals surface area contributed by atoms with Gasteiger partial charge >= 0.3 is 0 Å². The van der Waals surface area contributed by atoms with Gasteiger partial charge in [-0.1, -0.05) is 22.9 Å². The van der Waals surface area contributed by atoms with Crippen molar-refractivity contribution in [1.82, 2.24) is 5.32 Å². The van der Waals surface area contributed by atoms with E-state index in [0.717, 1.165) is 28.9 Å². The lowest BCUT2D eigenvalue weighted by molar-refractivity contribution is 0.366.